The molecule has 0 spiro atoms. The first-order chi connectivity index (χ1) is 12.6. The number of hydrogen-bond donors (Lipinski definition) is 1. The van der Waals surface area contributed by atoms with Crippen molar-refractivity contribution in [2.75, 3.05) is 6.61 Å². The summed E-state index contributed by atoms with van der Waals surface area (Å²) in [6.07, 6.45) is 7.47. The summed E-state index contributed by atoms with van der Waals surface area (Å²) in [5, 5.41) is 0. The molecular formula is C21H20F2N2O. The summed E-state index contributed by atoms with van der Waals surface area (Å²) in [5.41, 5.74) is 2.91. The quantitative estimate of drug-likeness (QED) is 0.657. The molecule has 3 aromatic rings. The average Bonchev–Trinajstić information content (AvgIpc) is 2.95. The van der Waals surface area contributed by atoms with Crippen LogP contribution < -0.4 is 4.74 Å². The third kappa shape index (κ3) is 3.34. The first kappa shape index (κ1) is 16.8. The van der Waals surface area contributed by atoms with E-state index in [2.05, 4.69) is 9.97 Å². The summed E-state index contributed by atoms with van der Waals surface area (Å²) in [7, 11) is 0. The van der Waals surface area contributed by atoms with Crippen molar-refractivity contribution in [2.45, 2.75) is 26.2 Å². The van der Waals surface area contributed by atoms with Crippen molar-refractivity contribution in [3.8, 4) is 5.75 Å². The topological polar surface area (TPSA) is 37.9 Å². The number of benzene rings is 2. The van der Waals surface area contributed by atoms with E-state index in [0.717, 1.165) is 35.6 Å². The maximum absolute atomic E-state index is 13.3. The molecule has 2 aromatic carbocycles. The zero-order chi connectivity index (χ0) is 18.1. The molecule has 26 heavy (non-hydrogen) atoms. The Morgan fingerprint density at radius 1 is 1.19 bits per heavy atom. The molecule has 0 aliphatic heterocycles. The Morgan fingerprint density at radius 2 is 2.00 bits per heavy atom. The number of rotatable bonds is 5. The van der Waals surface area contributed by atoms with E-state index in [1.165, 1.54) is 19.3 Å². The van der Waals surface area contributed by atoms with Gasteiger partial charge < -0.3 is 9.72 Å². The Balaban J connectivity index is 1.58. The molecule has 0 atom stereocenters. The Morgan fingerprint density at radius 3 is 2.77 bits per heavy atom. The monoisotopic (exact) mass is 354 g/mol. The second kappa shape index (κ2) is 6.90. The number of aromatic nitrogens is 2. The summed E-state index contributed by atoms with van der Waals surface area (Å²) >= 11 is 0. The number of ether oxygens (including phenoxy) is 1. The van der Waals surface area contributed by atoms with Gasteiger partial charge in [-0.1, -0.05) is 24.6 Å². The zero-order valence-electron chi connectivity index (χ0n) is 14.6. The molecular weight excluding hydrogens is 334 g/mol. The molecule has 4 rings (SSSR count). The van der Waals surface area contributed by atoms with Gasteiger partial charge in [-0.3, -0.25) is 0 Å². The highest BCUT2D eigenvalue weighted by molar-refractivity contribution is 5.79. The molecule has 0 bridgehead atoms. The number of halogens is 2. The highest BCUT2D eigenvalue weighted by Crippen LogP contribution is 2.30. The third-order valence-electron chi connectivity index (χ3n) is 4.89. The average molecular weight is 354 g/mol. The Bertz CT molecular complexity index is 935. The van der Waals surface area contributed by atoms with Crippen LogP contribution in [0.15, 0.2) is 30.3 Å². The molecule has 1 aromatic heterocycles. The van der Waals surface area contributed by atoms with E-state index in [1.54, 1.807) is 6.08 Å². The Hall–Kier alpha value is -2.69. The Labute approximate surface area is 150 Å². The third-order valence-corrected chi connectivity index (χ3v) is 4.89. The van der Waals surface area contributed by atoms with E-state index in [-0.39, 0.29) is 0 Å². The molecule has 1 aliphatic carbocycles. The van der Waals surface area contributed by atoms with Crippen LogP contribution in [0.5, 0.6) is 5.75 Å². The van der Waals surface area contributed by atoms with Gasteiger partial charge in [-0.25, -0.2) is 13.8 Å². The van der Waals surface area contributed by atoms with Crippen LogP contribution in [-0.4, -0.2) is 16.6 Å². The molecule has 1 N–H and O–H groups in total. The van der Waals surface area contributed by atoms with Crippen LogP contribution in [0.25, 0.3) is 23.2 Å². The minimum atomic E-state index is -0.898. The van der Waals surface area contributed by atoms with Crippen LogP contribution >= 0.6 is 0 Å². The number of aromatic amines is 1. The predicted octanol–water partition coefficient (Wildman–Crippen LogP) is 5.50. The normalized spacial score (nSPS) is 14.9. The van der Waals surface area contributed by atoms with Crippen molar-refractivity contribution in [1.82, 2.24) is 9.97 Å². The molecule has 1 saturated carbocycles. The number of nitrogens with one attached hydrogen (secondary N) is 1. The van der Waals surface area contributed by atoms with Crippen LogP contribution in [0.4, 0.5) is 8.78 Å². The molecule has 1 fully saturated rings. The fraction of sp³-hybridized carbons (Fsp3) is 0.286. The zero-order valence-corrected chi connectivity index (χ0v) is 14.6. The number of aryl methyl sites for hydroxylation is 1. The van der Waals surface area contributed by atoms with Crippen molar-refractivity contribution >= 4 is 23.2 Å². The standard InChI is InChI=1S/C21H20F2N2O/c1-13-4-2-7-15(21(13)26-12-14-5-3-6-14)8-9-20-24-18-10-16(22)17(23)11-19(18)25-20/h2,4,7-11,14H,3,5-6,12H2,1H3,(H,24,25)/b9-8+. The first-order valence-corrected chi connectivity index (χ1v) is 8.85. The first-order valence-electron chi connectivity index (χ1n) is 8.85. The van der Waals surface area contributed by atoms with Crippen molar-refractivity contribution in [3.05, 3.63) is 58.9 Å². The Kier molecular flexibility index (Phi) is 4.45. The fourth-order valence-corrected chi connectivity index (χ4v) is 3.14. The largest absolute Gasteiger partial charge is 0.492 e. The number of para-hydroxylation sites is 1. The molecule has 0 saturated heterocycles. The number of nitrogens with zero attached hydrogens (tertiary/aromatic N) is 1. The lowest BCUT2D eigenvalue weighted by Gasteiger charge is -2.26. The molecule has 134 valence electrons. The molecule has 1 aliphatic rings. The molecule has 5 heteroatoms. The lowest BCUT2D eigenvalue weighted by molar-refractivity contribution is 0.179. The highest BCUT2D eigenvalue weighted by Gasteiger charge is 2.18. The second-order valence-corrected chi connectivity index (χ2v) is 6.84. The van der Waals surface area contributed by atoms with Gasteiger partial charge in [-0.15, -0.1) is 0 Å². The van der Waals surface area contributed by atoms with Gasteiger partial charge in [-0.2, -0.15) is 0 Å². The summed E-state index contributed by atoms with van der Waals surface area (Å²) in [6, 6.07) is 8.21. The van der Waals surface area contributed by atoms with Gasteiger partial charge in [-0.05, 0) is 43.4 Å². The van der Waals surface area contributed by atoms with Crippen LogP contribution in [0.2, 0.25) is 0 Å². The smallest absolute Gasteiger partial charge is 0.161 e. The van der Waals surface area contributed by atoms with Crippen molar-refractivity contribution in [2.24, 2.45) is 5.92 Å². The van der Waals surface area contributed by atoms with Crippen LogP contribution in [0.1, 0.15) is 36.2 Å². The minimum absolute atomic E-state index is 0.397. The molecule has 1 heterocycles. The van der Waals surface area contributed by atoms with Crippen molar-refractivity contribution in [3.63, 3.8) is 0 Å². The van der Waals surface area contributed by atoms with Gasteiger partial charge in [0.05, 0.1) is 17.6 Å². The van der Waals surface area contributed by atoms with E-state index in [0.29, 0.717) is 22.8 Å². The number of hydrogen-bond acceptors (Lipinski definition) is 2. The van der Waals surface area contributed by atoms with E-state index < -0.39 is 11.6 Å². The molecule has 0 amide bonds. The highest BCUT2D eigenvalue weighted by atomic mass is 19.2. The van der Waals surface area contributed by atoms with Gasteiger partial charge in [0.25, 0.3) is 0 Å². The maximum atomic E-state index is 13.3. The van der Waals surface area contributed by atoms with Crippen LogP contribution in [0, 0.1) is 24.5 Å². The summed E-state index contributed by atoms with van der Waals surface area (Å²) < 4.78 is 32.7. The number of fused-ring (bicyclic) bond motifs is 1. The number of imidazole rings is 1. The molecule has 0 unspecified atom stereocenters. The number of H-pyrrole nitrogens is 1. The summed E-state index contributed by atoms with van der Waals surface area (Å²) in [5.74, 6) is 0.291. The minimum Gasteiger partial charge on any atom is -0.492 e. The van der Waals surface area contributed by atoms with E-state index in [4.69, 9.17) is 4.74 Å². The molecule has 3 nitrogen and oxygen atoms in total. The van der Waals surface area contributed by atoms with E-state index >= 15 is 0 Å². The van der Waals surface area contributed by atoms with E-state index in [9.17, 15) is 8.78 Å². The predicted molar refractivity (Wildman–Crippen MR) is 99.0 cm³/mol. The summed E-state index contributed by atoms with van der Waals surface area (Å²) in [4.78, 5) is 7.28. The second-order valence-electron chi connectivity index (χ2n) is 6.84. The van der Waals surface area contributed by atoms with Crippen molar-refractivity contribution in [1.29, 1.82) is 0 Å². The van der Waals surface area contributed by atoms with E-state index in [1.807, 2.05) is 31.2 Å². The van der Waals surface area contributed by atoms with Gasteiger partial charge in [0.2, 0.25) is 0 Å². The SMILES string of the molecule is Cc1cccc(/C=C/c2nc3cc(F)c(F)cc3[nH]2)c1OCC1CCC1. The van der Waals surface area contributed by atoms with Gasteiger partial charge in [0, 0.05) is 17.7 Å². The van der Waals surface area contributed by atoms with Gasteiger partial charge in [0.15, 0.2) is 11.6 Å². The lowest BCUT2D eigenvalue weighted by Crippen LogP contribution is -2.19. The summed E-state index contributed by atoms with van der Waals surface area (Å²) in [6.45, 7) is 2.77. The van der Waals surface area contributed by atoms with Crippen LogP contribution in [0.3, 0.4) is 0 Å². The van der Waals surface area contributed by atoms with Gasteiger partial charge in [0.1, 0.15) is 11.6 Å². The maximum Gasteiger partial charge on any atom is 0.161 e. The van der Waals surface area contributed by atoms with Gasteiger partial charge >= 0.3 is 0 Å². The molecule has 0 radical (unpaired) electrons. The van der Waals surface area contributed by atoms with Crippen LogP contribution in [-0.2, 0) is 0 Å². The fourth-order valence-electron chi connectivity index (χ4n) is 3.14. The van der Waals surface area contributed by atoms with Crippen molar-refractivity contribution < 1.29 is 13.5 Å². The lowest BCUT2D eigenvalue weighted by atomic mass is 9.86.